The molecule has 5 nitrogen and oxygen atoms in total. The molecule has 0 amide bonds. The van der Waals surface area contributed by atoms with Crippen LogP contribution in [0.4, 0.5) is 0 Å². The molecule has 0 fully saturated rings. The molecule has 0 saturated carbocycles. The highest BCUT2D eigenvalue weighted by Crippen LogP contribution is 2.13. The Kier molecular flexibility index (Phi) is 43.0. The van der Waals surface area contributed by atoms with Crippen molar-refractivity contribution in [2.45, 2.75) is 219 Å². The first-order valence-corrected chi connectivity index (χ1v) is 22.8. The van der Waals surface area contributed by atoms with Crippen molar-refractivity contribution in [3.05, 3.63) is 60.8 Å². The van der Waals surface area contributed by atoms with Gasteiger partial charge in [0.1, 0.15) is 6.61 Å². The van der Waals surface area contributed by atoms with Crippen LogP contribution in [0.5, 0.6) is 0 Å². The normalized spacial score (nSPS) is 12.7. The Morgan fingerprint density at radius 3 is 1.44 bits per heavy atom. The third kappa shape index (κ3) is 42.3. The molecule has 54 heavy (non-hydrogen) atoms. The van der Waals surface area contributed by atoms with E-state index in [4.69, 9.17) is 14.2 Å². The number of carbonyl (C=O) groups excluding carboxylic acids is 2. The lowest BCUT2D eigenvalue weighted by molar-refractivity contribution is -0.163. The molecule has 0 N–H and O–H groups in total. The Morgan fingerprint density at radius 2 is 0.852 bits per heavy atom. The second-order valence-corrected chi connectivity index (χ2v) is 14.9. The fourth-order valence-corrected chi connectivity index (χ4v) is 6.13. The monoisotopic (exact) mass is 755 g/mol. The van der Waals surface area contributed by atoms with Crippen molar-refractivity contribution in [1.29, 1.82) is 0 Å². The van der Waals surface area contributed by atoms with Crippen molar-refractivity contribution in [1.82, 2.24) is 0 Å². The van der Waals surface area contributed by atoms with Gasteiger partial charge < -0.3 is 14.2 Å². The molecule has 0 aliphatic carbocycles. The zero-order valence-corrected chi connectivity index (χ0v) is 35.7. The zero-order chi connectivity index (χ0) is 39.3. The number of hydrogen-bond acceptors (Lipinski definition) is 5. The van der Waals surface area contributed by atoms with Gasteiger partial charge in [-0.15, -0.1) is 0 Å². The lowest BCUT2D eigenvalue weighted by Crippen LogP contribution is -2.30. The van der Waals surface area contributed by atoms with Crippen LogP contribution in [0.3, 0.4) is 0 Å². The number of esters is 2. The third-order valence-electron chi connectivity index (χ3n) is 9.54. The first kappa shape index (κ1) is 51.6. The minimum atomic E-state index is -0.553. The minimum absolute atomic E-state index is 0.0612. The fraction of sp³-hybridized carbons (Fsp3) is 0.755. The van der Waals surface area contributed by atoms with Crippen LogP contribution in [0.1, 0.15) is 213 Å². The summed E-state index contributed by atoms with van der Waals surface area (Å²) in [5.41, 5.74) is 0. The van der Waals surface area contributed by atoms with Crippen molar-refractivity contribution in [2.24, 2.45) is 0 Å². The van der Waals surface area contributed by atoms with E-state index < -0.39 is 6.10 Å². The van der Waals surface area contributed by atoms with Gasteiger partial charge in [-0.25, -0.2) is 0 Å². The van der Waals surface area contributed by atoms with E-state index in [-0.39, 0.29) is 25.2 Å². The Bertz CT molecular complexity index is 946. The van der Waals surface area contributed by atoms with Gasteiger partial charge in [-0.1, -0.05) is 184 Å². The quantitative estimate of drug-likeness (QED) is 0.0353. The first-order valence-electron chi connectivity index (χ1n) is 22.8. The molecule has 312 valence electrons. The van der Waals surface area contributed by atoms with Crippen LogP contribution < -0.4 is 0 Å². The summed E-state index contributed by atoms with van der Waals surface area (Å²) in [4.78, 5) is 25.2. The summed E-state index contributed by atoms with van der Waals surface area (Å²) < 4.78 is 17.3. The Labute approximate surface area is 334 Å². The molecule has 0 saturated heterocycles. The molecule has 0 aliphatic heterocycles. The highest BCUT2D eigenvalue weighted by Gasteiger charge is 2.17. The summed E-state index contributed by atoms with van der Waals surface area (Å²) >= 11 is 0. The van der Waals surface area contributed by atoms with Gasteiger partial charge >= 0.3 is 11.9 Å². The van der Waals surface area contributed by atoms with Crippen LogP contribution in [0.25, 0.3) is 0 Å². The summed E-state index contributed by atoms with van der Waals surface area (Å²) in [5, 5.41) is 0. The molecule has 0 radical (unpaired) electrons. The molecule has 5 heteroatoms. The highest BCUT2D eigenvalue weighted by atomic mass is 16.6. The largest absolute Gasteiger partial charge is 0.462 e. The second kappa shape index (κ2) is 45.0. The van der Waals surface area contributed by atoms with E-state index in [0.29, 0.717) is 19.4 Å². The Morgan fingerprint density at radius 1 is 0.426 bits per heavy atom. The number of ether oxygens (including phenoxy) is 3. The zero-order valence-electron chi connectivity index (χ0n) is 35.7. The molecule has 0 aliphatic rings. The number of unbranched alkanes of at least 4 members (excludes halogenated alkanes) is 20. The van der Waals surface area contributed by atoms with Crippen LogP contribution in [-0.2, 0) is 23.8 Å². The maximum atomic E-state index is 12.7. The molecule has 0 aromatic carbocycles. The average Bonchev–Trinajstić information content (AvgIpc) is 3.17. The maximum absolute atomic E-state index is 12.7. The van der Waals surface area contributed by atoms with Gasteiger partial charge in [0.05, 0.1) is 6.61 Å². The van der Waals surface area contributed by atoms with Gasteiger partial charge in [0, 0.05) is 19.4 Å². The molecule has 0 bridgehead atoms. The predicted octanol–water partition coefficient (Wildman–Crippen LogP) is 15.0. The van der Waals surface area contributed by atoms with Crippen LogP contribution in [0, 0.1) is 0 Å². The van der Waals surface area contributed by atoms with Gasteiger partial charge in [-0.3, -0.25) is 9.59 Å². The van der Waals surface area contributed by atoms with E-state index in [1.165, 1.54) is 96.3 Å². The smallest absolute Gasteiger partial charge is 0.306 e. The van der Waals surface area contributed by atoms with E-state index in [1.54, 1.807) is 0 Å². The lowest BCUT2D eigenvalue weighted by atomic mass is 10.1. The van der Waals surface area contributed by atoms with Crippen LogP contribution in [0.15, 0.2) is 60.8 Å². The maximum Gasteiger partial charge on any atom is 0.306 e. The summed E-state index contributed by atoms with van der Waals surface area (Å²) in [6, 6.07) is 0. The number of rotatable bonds is 41. The van der Waals surface area contributed by atoms with Crippen LogP contribution >= 0.6 is 0 Å². The molecule has 0 rings (SSSR count). The van der Waals surface area contributed by atoms with Crippen molar-refractivity contribution < 1.29 is 23.8 Å². The molecule has 0 heterocycles. The minimum Gasteiger partial charge on any atom is -0.462 e. The lowest BCUT2D eigenvalue weighted by Gasteiger charge is -2.18. The Balaban J connectivity index is 4.32. The van der Waals surface area contributed by atoms with Gasteiger partial charge in [0.2, 0.25) is 0 Å². The van der Waals surface area contributed by atoms with Gasteiger partial charge in [-0.2, -0.15) is 0 Å². The van der Waals surface area contributed by atoms with E-state index in [2.05, 4.69) is 81.5 Å². The predicted molar refractivity (Wildman–Crippen MR) is 233 cm³/mol. The summed E-state index contributed by atoms with van der Waals surface area (Å²) in [6.07, 6.45) is 55.0. The van der Waals surface area contributed by atoms with E-state index in [9.17, 15) is 9.59 Å². The van der Waals surface area contributed by atoms with E-state index in [0.717, 1.165) is 83.5 Å². The topological polar surface area (TPSA) is 61.8 Å². The first-order chi connectivity index (χ1) is 26.6. The van der Waals surface area contributed by atoms with Gasteiger partial charge in [0.15, 0.2) is 6.10 Å². The van der Waals surface area contributed by atoms with Crippen molar-refractivity contribution >= 4 is 11.9 Å². The van der Waals surface area contributed by atoms with Crippen molar-refractivity contribution in [2.75, 3.05) is 19.8 Å². The highest BCUT2D eigenvalue weighted by molar-refractivity contribution is 5.70. The molecular weight excluding hydrogens is 669 g/mol. The average molecular weight is 755 g/mol. The van der Waals surface area contributed by atoms with Gasteiger partial charge in [-0.05, 0) is 77.0 Å². The fourth-order valence-electron chi connectivity index (χ4n) is 6.13. The summed E-state index contributed by atoms with van der Waals surface area (Å²) in [6.45, 7) is 7.63. The molecule has 0 aromatic heterocycles. The summed E-state index contributed by atoms with van der Waals surface area (Å²) in [7, 11) is 0. The van der Waals surface area contributed by atoms with Crippen molar-refractivity contribution in [3.8, 4) is 0 Å². The van der Waals surface area contributed by atoms with Crippen LogP contribution in [0.2, 0.25) is 0 Å². The standard InChI is InChI=1S/C49H86O5/c1-4-7-10-13-16-19-22-24-25-26-28-30-33-36-39-42-48(50)53-46-47(45-52-44-41-38-35-32-29-23-20-17-14-11-8-5-2)54-49(51)43-40-37-34-31-27-21-18-15-12-9-6-3/h7,10,15-16,18-19,24-25,28,30,47H,4-6,8-9,11-14,17,20-23,26-27,29,31-46H2,1-3H3/b10-7-,18-15-,19-16-,25-24-,30-28-. The van der Waals surface area contributed by atoms with Crippen LogP contribution in [-0.4, -0.2) is 37.9 Å². The SMILES string of the molecule is CC/C=C\C/C=C\C/C=C\C/C=C\CCCCC(=O)OCC(COCCCCCCCCCCCCCC)OC(=O)CCCCCCC/C=C\CCCC. The van der Waals surface area contributed by atoms with E-state index in [1.807, 2.05) is 0 Å². The van der Waals surface area contributed by atoms with Gasteiger partial charge in [0.25, 0.3) is 0 Å². The Hall–Kier alpha value is -2.40. The second-order valence-electron chi connectivity index (χ2n) is 14.9. The number of carbonyl (C=O) groups is 2. The molecule has 0 spiro atoms. The molecule has 0 aromatic rings. The molecular formula is C49H86O5. The number of hydrogen-bond donors (Lipinski definition) is 0. The summed E-state index contributed by atoms with van der Waals surface area (Å²) in [5.74, 6) is -0.454. The number of allylic oxidation sites excluding steroid dienone is 10. The van der Waals surface area contributed by atoms with E-state index >= 15 is 0 Å². The third-order valence-corrected chi connectivity index (χ3v) is 9.54. The molecule has 1 unspecified atom stereocenters. The molecule has 1 atom stereocenters. The van der Waals surface area contributed by atoms with Crippen molar-refractivity contribution in [3.63, 3.8) is 0 Å².